The van der Waals surface area contributed by atoms with E-state index in [0.29, 0.717) is 35.4 Å². The lowest BCUT2D eigenvalue weighted by Crippen LogP contribution is -2.63. The van der Waals surface area contributed by atoms with Crippen molar-refractivity contribution in [3.05, 3.63) is 52.5 Å². The van der Waals surface area contributed by atoms with E-state index >= 15 is 0 Å². The lowest BCUT2D eigenvalue weighted by molar-refractivity contribution is -0.133. The Morgan fingerprint density at radius 3 is 2.62 bits per heavy atom. The fourth-order valence-corrected chi connectivity index (χ4v) is 4.06. The minimum Gasteiger partial charge on any atom is -0.449 e. The number of carbonyl (C=O) groups excluding carboxylic acids is 2. The van der Waals surface area contributed by atoms with Crippen LogP contribution in [0.15, 0.2) is 34.7 Å². The summed E-state index contributed by atoms with van der Waals surface area (Å²) in [5.74, 6) is -0.960. The second-order valence-corrected chi connectivity index (χ2v) is 9.94. The summed E-state index contributed by atoms with van der Waals surface area (Å²) in [6.07, 6.45) is 0. The SMILES string of the molecule is CC(C)(C)c1cc(-c2ccc(F)c(Cl)c2)nc2cc(C(=O)N3CCNC(=O)C3(C)C)oc12. The molecule has 1 N–H and O–H groups in total. The van der Waals surface area contributed by atoms with Gasteiger partial charge in [-0.3, -0.25) is 9.59 Å². The quantitative estimate of drug-likeness (QED) is 0.591. The van der Waals surface area contributed by atoms with Gasteiger partial charge < -0.3 is 14.6 Å². The monoisotopic (exact) mass is 457 g/mol. The fourth-order valence-electron chi connectivity index (χ4n) is 3.88. The summed E-state index contributed by atoms with van der Waals surface area (Å²) in [5, 5.41) is 2.79. The molecule has 2 aromatic heterocycles. The van der Waals surface area contributed by atoms with E-state index in [2.05, 4.69) is 10.3 Å². The molecule has 32 heavy (non-hydrogen) atoms. The standard InChI is InChI=1S/C24H25ClFN3O3/c1-23(2,3)14-11-17(13-6-7-16(26)15(25)10-13)28-18-12-19(32-20(14)18)21(30)29-9-8-27-22(31)24(29,4)5/h6-7,10-12H,8-9H2,1-5H3,(H,27,31). The maximum atomic E-state index is 13.7. The molecule has 6 nitrogen and oxygen atoms in total. The van der Waals surface area contributed by atoms with E-state index in [-0.39, 0.29) is 28.0 Å². The van der Waals surface area contributed by atoms with Crippen LogP contribution in [0.2, 0.25) is 5.02 Å². The first-order valence-corrected chi connectivity index (χ1v) is 10.8. The van der Waals surface area contributed by atoms with Crippen LogP contribution in [-0.4, -0.2) is 40.3 Å². The van der Waals surface area contributed by atoms with Crippen LogP contribution >= 0.6 is 11.6 Å². The van der Waals surface area contributed by atoms with Crippen molar-refractivity contribution < 1.29 is 18.4 Å². The molecule has 0 aliphatic carbocycles. The van der Waals surface area contributed by atoms with Crippen LogP contribution in [0, 0.1) is 5.82 Å². The number of pyridine rings is 1. The van der Waals surface area contributed by atoms with E-state index in [0.717, 1.165) is 5.56 Å². The molecular formula is C24H25ClFN3O3. The molecule has 168 valence electrons. The van der Waals surface area contributed by atoms with Crippen molar-refractivity contribution in [1.82, 2.24) is 15.2 Å². The number of fused-ring (bicyclic) bond motifs is 1. The Balaban J connectivity index is 1.85. The third kappa shape index (κ3) is 3.75. The van der Waals surface area contributed by atoms with Crippen molar-refractivity contribution in [3.63, 3.8) is 0 Å². The molecule has 8 heteroatoms. The van der Waals surface area contributed by atoms with Gasteiger partial charge in [-0.1, -0.05) is 32.4 Å². The first kappa shape index (κ1) is 22.3. The lowest BCUT2D eigenvalue weighted by atomic mass is 9.86. The Kier molecular flexibility index (Phi) is 5.28. The summed E-state index contributed by atoms with van der Waals surface area (Å²) in [7, 11) is 0. The highest BCUT2D eigenvalue weighted by Crippen LogP contribution is 2.36. The van der Waals surface area contributed by atoms with Crippen LogP contribution in [0.3, 0.4) is 0 Å². The van der Waals surface area contributed by atoms with Gasteiger partial charge in [0.15, 0.2) is 11.3 Å². The zero-order valence-corrected chi connectivity index (χ0v) is 19.4. The molecule has 3 heterocycles. The van der Waals surface area contributed by atoms with Crippen molar-refractivity contribution in [2.24, 2.45) is 0 Å². The van der Waals surface area contributed by atoms with E-state index in [1.54, 1.807) is 26.0 Å². The Hall–Kier alpha value is -2.93. The van der Waals surface area contributed by atoms with Gasteiger partial charge in [-0.05, 0) is 43.5 Å². The number of hydrogen-bond donors (Lipinski definition) is 1. The van der Waals surface area contributed by atoms with Gasteiger partial charge in [0, 0.05) is 30.3 Å². The number of hydrogen-bond acceptors (Lipinski definition) is 4. The maximum Gasteiger partial charge on any atom is 0.290 e. The van der Waals surface area contributed by atoms with Crippen LogP contribution in [0.5, 0.6) is 0 Å². The van der Waals surface area contributed by atoms with E-state index in [1.807, 2.05) is 26.8 Å². The topological polar surface area (TPSA) is 75.4 Å². The third-order valence-corrected chi connectivity index (χ3v) is 6.10. The summed E-state index contributed by atoms with van der Waals surface area (Å²) in [4.78, 5) is 31.8. The number of amides is 2. The summed E-state index contributed by atoms with van der Waals surface area (Å²) in [5.41, 5.74) is 1.82. The number of nitrogens with zero attached hydrogens (tertiary/aromatic N) is 2. The van der Waals surface area contributed by atoms with Crippen molar-refractivity contribution in [2.45, 2.75) is 45.6 Å². The van der Waals surface area contributed by atoms with Crippen molar-refractivity contribution in [2.75, 3.05) is 13.1 Å². The minimum absolute atomic E-state index is 0.00960. The van der Waals surface area contributed by atoms with E-state index in [1.165, 1.54) is 17.0 Å². The van der Waals surface area contributed by atoms with Gasteiger partial charge in [0.1, 0.15) is 16.9 Å². The highest BCUT2D eigenvalue weighted by molar-refractivity contribution is 6.31. The van der Waals surface area contributed by atoms with E-state index in [4.69, 9.17) is 16.0 Å². The molecule has 1 fully saturated rings. The number of furan rings is 1. The Bertz CT molecular complexity index is 1240. The largest absolute Gasteiger partial charge is 0.449 e. The normalized spacial score (nSPS) is 16.3. The van der Waals surface area contributed by atoms with Gasteiger partial charge in [0.25, 0.3) is 5.91 Å². The van der Waals surface area contributed by atoms with Crippen LogP contribution in [0.1, 0.15) is 50.7 Å². The van der Waals surface area contributed by atoms with Crippen LogP contribution in [-0.2, 0) is 10.2 Å². The van der Waals surface area contributed by atoms with Gasteiger partial charge in [-0.2, -0.15) is 0 Å². The molecule has 1 aliphatic rings. The Morgan fingerprint density at radius 2 is 1.97 bits per heavy atom. The summed E-state index contributed by atoms with van der Waals surface area (Å²) >= 11 is 5.98. The molecule has 1 aliphatic heterocycles. The van der Waals surface area contributed by atoms with Crippen molar-refractivity contribution in [1.29, 1.82) is 0 Å². The van der Waals surface area contributed by atoms with Crippen LogP contribution < -0.4 is 5.32 Å². The zero-order valence-electron chi connectivity index (χ0n) is 18.7. The molecule has 4 rings (SSSR count). The molecule has 1 saturated heterocycles. The van der Waals surface area contributed by atoms with Gasteiger partial charge in [-0.25, -0.2) is 9.37 Å². The second kappa shape index (κ2) is 7.59. The average molecular weight is 458 g/mol. The summed E-state index contributed by atoms with van der Waals surface area (Å²) < 4.78 is 19.7. The molecule has 0 spiro atoms. The third-order valence-electron chi connectivity index (χ3n) is 5.81. The maximum absolute atomic E-state index is 13.7. The molecule has 2 amide bonds. The molecule has 1 aromatic carbocycles. The molecule has 0 bridgehead atoms. The highest BCUT2D eigenvalue weighted by atomic mass is 35.5. The molecule has 0 radical (unpaired) electrons. The van der Waals surface area contributed by atoms with Crippen LogP contribution in [0.25, 0.3) is 22.4 Å². The smallest absolute Gasteiger partial charge is 0.290 e. The van der Waals surface area contributed by atoms with Gasteiger partial charge in [0.05, 0.1) is 10.7 Å². The fraction of sp³-hybridized carbons (Fsp3) is 0.375. The molecule has 3 aromatic rings. The number of halogens is 2. The highest BCUT2D eigenvalue weighted by Gasteiger charge is 2.41. The first-order chi connectivity index (χ1) is 14.9. The van der Waals surface area contributed by atoms with Crippen molar-refractivity contribution >= 4 is 34.5 Å². The second-order valence-electron chi connectivity index (χ2n) is 9.53. The Labute approximate surface area is 190 Å². The number of rotatable bonds is 2. The number of piperazine rings is 1. The molecule has 0 saturated carbocycles. The number of nitrogens with one attached hydrogen (secondary N) is 1. The predicted molar refractivity (Wildman–Crippen MR) is 121 cm³/mol. The lowest BCUT2D eigenvalue weighted by Gasteiger charge is -2.40. The predicted octanol–water partition coefficient (Wildman–Crippen LogP) is 4.94. The van der Waals surface area contributed by atoms with Gasteiger partial charge in [-0.15, -0.1) is 0 Å². The molecular weight excluding hydrogens is 433 g/mol. The van der Waals surface area contributed by atoms with Gasteiger partial charge in [0.2, 0.25) is 5.91 Å². The number of benzene rings is 1. The zero-order chi connectivity index (χ0) is 23.4. The molecule has 0 unspecified atom stereocenters. The van der Waals surface area contributed by atoms with Crippen molar-refractivity contribution in [3.8, 4) is 11.3 Å². The first-order valence-electron chi connectivity index (χ1n) is 10.4. The summed E-state index contributed by atoms with van der Waals surface area (Å²) in [6, 6.07) is 7.92. The summed E-state index contributed by atoms with van der Waals surface area (Å²) in [6.45, 7) is 10.3. The number of aromatic nitrogens is 1. The average Bonchev–Trinajstić information content (AvgIpc) is 3.14. The Morgan fingerprint density at radius 1 is 1.25 bits per heavy atom. The van der Waals surface area contributed by atoms with Gasteiger partial charge >= 0.3 is 0 Å². The van der Waals surface area contributed by atoms with Crippen LogP contribution in [0.4, 0.5) is 4.39 Å². The minimum atomic E-state index is -0.995. The number of carbonyl (C=O) groups is 2. The van der Waals surface area contributed by atoms with E-state index < -0.39 is 11.4 Å². The van der Waals surface area contributed by atoms with E-state index in [9.17, 15) is 14.0 Å². The molecule has 0 atom stereocenters.